The maximum Gasteiger partial charge on any atom is 0.272 e. The minimum absolute atomic E-state index is 0.0459. The van der Waals surface area contributed by atoms with Crippen LogP contribution in [0.25, 0.3) is 22.7 Å². The Morgan fingerprint density at radius 2 is 2.05 bits per heavy atom. The smallest absolute Gasteiger partial charge is 0.272 e. The molecule has 14 heteroatoms. The van der Waals surface area contributed by atoms with Gasteiger partial charge >= 0.3 is 0 Å². The standard InChI is InChI=1S/C24H28F3N7O3S/c1-24(14-38(35)34(23(28)32-24)8-4-3-7-29-2)16-9-15(5-6-17(16)25)20-10-18(33-37-20)19-11-31-22(12-30-19)36-13-21(26)27/h5-6,9-12,21,29H,3-4,7-8,13-14H2,1-2H3,(H2,28,32)/t24-,38?/m0/s1. The summed E-state index contributed by atoms with van der Waals surface area (Å²) in [5.41, 5.74) is 6.41. The van der Waals surface area contributed by atoms with Crippen LogP contribution in [-0.2, 0) is 16.5 Å². The van der Waals surface area contributed by atoms with Crippen molar-refractivity contribution in [1.29, 1.82) is 0 Å². The summed E-state index contributed by atoms with van der Waals surface area (Å²) in [5, 5.41) is 7.05. The number of nitrogens with zero attached hydrogens (tertiary/aromatic N) is 5. The summed E-state index contributed by atoms with van der Waals surface area (Å²) in [6, 6.07) is 5.97. The van der Waals surface area contributed by atoms with Crippen LogP contribution < -0.4 is 15.8 Å². The highest BCUT2D eigenvalue weighted by molar-refractivity contribution is 7.83. The van der Waals surface area contributed by atoms with Crippen LogP contribution in [0.4, 0.5) is 13.2 Å². The van der Waals surface area contributed by atoms with Gasteiger partial charge in [0.25, 0.3) is 6.43 Å². The zero-order valence-electron chi connectivity index (χ0n) is 20.9. The molecule has 0 fully saturated rings. The predicted molar refractivity (Wildman–Crippen MR) is 136 cm³/mol. The van der Waals surface area contributed by atoms with Crippen molar-refractivity contribution in [3.8, 4) is 28.6 Å². The van der Waals surface area contributed by atoms with Gasteiger partial charge in [0.05, 0.1) is 18.1 Å². The topological polar surface area (TPSA) is 132 Å². The molecule has 38 heavy (non-hydrogen) atoms. The third kappa shape index (κ3) is 6.30. The maximum atomic E-state index is 15.0. The molecule has 0 saturated carbocycles. The Morgan fingerprint density at radius 1 is 1.24 bits per heavy atom. The summed E-state index contributed by atoms with van der Waals surface area (Å²) in [6.07, 6.45) is 1.58. The van der Waals surface area contributed by atoms with Crippen LogP contribution in [0.3, 0.4) is 0 Å². The van der Waals surface area contributed by atoms with Crippen LogP contribution in [0.2, 0.25) is 0 Å². The number of rotatable bonds is 11. The lowest BCUT2D eigenvalue weighted by Crippen LogP contribution is -2.49. The van der Waals surface area contributed by atoms with Crippen molar-refractivity contribution in [2.45, 2.75) is 31.7 Å². The van der Waals surface area contributed by atoms with E-state index >= 15 is 4.39 Å². The minimum Gasteiger partial charge on any atom is -0.470 e. The second-order valence-corrected chi connectivity index (χ2v) is 10.2. The Morgan fingerprint density at radius 3 is 2.74 bits per heavy atom. The summed E-state index contributed by atoms with van der Waals surface area (Å²) < 4.78 is 64.5. The quantitative estimate of drug-likeness (QED) is 0.348. The minimum atomic E-state index is -2.62. The van der Waals surface area contributed by atoms with E-state index in [2.05, 4.69) is 25.4 Å². The largest absolute Gasteiger partial charge is 0.470 e. The number of aliphatic imine (C=N–C) groups is 1. The molecule has 2 aromatic heterocycles. The Hall–Kier alpha value is -3.52. The molecule has 3 heterocycles. The number of benzene rings is 1. The number of nitrogens with one attached hydrogen (secondary N) is 1. The first-order valence-corrected chi connectivity index (χ1v) is 13.1. The maximum absolute atomic E-state index is 15.0. The monoisotopic (exact) mass is 551 g/mol. The van der Waals surface area contributed by atoms with Gasteiger partial charge in [-0.2, -0.15) is 0 Å². The molecule has 0 saturated heterocycles. The number of unbranched alkanes of at least 4 members (excludes halogenated alkanes) is 1. The average molecular weight is 552 g/mol. The third-order valence-corrected chi connectivity index (χ3v) is 7.56. The fourth-order valence-corrected chi connectivity index (χ4v) is 5.41. The Labute approximate surface area is 220 Å². The molecule has 2 atom stereocenters. The number of hydrogen-bond acceptors (Lipinski definition) is 9. The number of guanidine groups is 1. The highest BCUT2D eigenvalue weighted by Gasteiger charge is 2.38. The number of ether oxygens (including phenoxy) is 1. The molecule has 1 aromatic carbocycles. The number of halogens is 3. The van der Waals surface area contributed by atoms with Gasteiger partial charge in [-0.3, -0.25) is 4.31 Å². The molecule has 204 valence electrons. The van der Waals surface area contributed by atoms with E-state index in [1.165, 1.54) is 24.5 Å². The summed E-state index contributed by atoms with van der Waals surface area (Å²) in [6.45, 7) is 2.23. The van der Waals surface area contributed by atoms with Gasteiger partial charge in [0.15, 0.2) is 12.4 Å². The first-order valence-electron chi connectivity index (χ1n) is 11.9. The highest BCUT2D eigenvalue weighted by Crippen LogP contribution is 2.36. The lowest BCUT2D eigenvalue weighted by Gasteiger charge is -2.36. The van der Waals surface area contributed by atoms with E-state index in [4.69, 9.17) is 15.0 Å². The van der Waals surface area contributed by atoms with Gasteiger partial charge in [-0.15, -0.1) is 0 Å². The van der Waals surface area contributed by atoms with Crippen LogP contribution in [0.1, 0.15) is 25.3 Å². The van der Waals surface area contributed by atoms with Crippen molar-refractivity contribution >= 4 is 16.9 Å². The first-order chi connectivity index (χ1) is 18.2. The normalized spacial score (nSPS) is 19.6. The van der Waals surface area contributed by atoms with Gasteiger partial charge in [-0.05, 0) is 51.6 Å². The van der Waals surface area contributed by atoms with Crippen molar-refractivity contribution in [3.63, 3.8) is 0 Å². The van der Waals surface area contributed by atoms with E-state index in [0.29, 0.717) is 29.3 Å². The fraction of sp³-hybridized carbons (Fsp3) is 0.417. The Balaban J connectivity index is 1.54. The second-order valence-electron chi connectivity index (χ2n) is 8.84. The molecule has 1 unspecified atom stereocenters. The number of aromatic nitrogens is 3. The molecule has 3 aromatic rings. The van der Waals surface area contributed by atoms with Gasteiger partial charge in [0, 0.05) is 23.7 Å². The van der Waals surface area contributed by atoms with Crippen LogP contribution >= 0.6 is 0 Å². The number of hydrogen-bond donors (Lipinski definition) is 2. The first kappa shape index (κ1) is 27.5. The molecule has 3 N–H and O–H groups in total. The number of nitrogens with two attached hydrogens (primary N) is 1. The molecule has 10 nitrogen and oxygen atoms in total. The van der Waals surface area contributed by atoms with Gasteiger partial charge in [-0.1, -0.05) is 5.16 Å². The second kappa shape index (κ2) is 11.9. The van der Waals surface area contributed by atoms with Crippen molar-refractivity contribution in [2.75, 3.05) is 32.5 Å². The molecule has 0 aliphatic carbocycles. The van der Waals surface area contributed by atoms with E-state index < -0.39 is 35.4 Å². The van der Waals surface area contributed by atoms with Gasteiger partial charge < -0.3 is 20.3 Å². The summed E-state index contributed by atoms with van der Waals surface area (Å²) in [5.74, 6) is -0.0672. The highest BCUT2D eigenvalue weighted by atomic mass is 32.2. The van der Waals surface area contributed by atoms with Crippen molar-refractivity contribution in [3.05, 3.63) is 48.0 Å². The zero-order chi connectivity index (χ0) is 27.3. The van der Waals surface area contributed by atoms with Crippen LogP contribution in [0.15, 0.2) is 46.2 Å². The number of alkyl halides is 2. The lowest BCUT2D eigenvalue weighted by atomic mass is 9.92. The summed E-state index contributed by atoms with van der Waals surface area (Å²) in [4.78, 5) is 12.6. The molecular weight excluding hydrogens is 523 g/mol. The average Bonchev–Trinajstić information content (AvgIpc) is 3.37. The molecule has 1 aliphatic heterocycles. The third-order valence-electron chi connectivity index (χ3n) is 5.89. The predicted octanol–water partition coefficient (Wildman–Crippen LogP) is 3.09. The SMILES string of the molecule is CNCCCCN1C(N)=N[C@](C)(c2cc(-c3cc(-c4cnc(OCC(F)F)cn4)no3)ccc2F)CS1=O. The Kier molecular flexibility index (Phi) is 8.62. The van der Waals surface area contributed by atoms with Crippen LogP contribution in [-0.4, -0.2) is 68.5 Å². The van der Waals surface area contributed by atoms with Crippen molar-refractivity contribution in [1.82, 2.24) is 24.7 Å². The molecule has 1 aliphatic rings. The van der Waals surface area contributed by atoms with E-state index in [1.54, 1.807) is 23.4 Å². The summed E-state index contributed by atoms with van der Waals surface area (Å²) in [7, 11) is 0.384. The van der Waals surface area contributed by atoms with Crippen LogP contribution in [0.5, 0.6) is 5.88 Å². The Bertz CT molecular complexity index is 1310. The molecule has 0 amide bonds. The van der Waals surface area contributed by atoms with E-state index in [1.807, 2.05) is 7.05 Å². The van der Waals surface area contributed by atoms with Gasteiger partial charge in [-0.25, -0.2) is 32.3 Å². The van der Waals surface area contributed by atoms with Crippen molar-refractivity contribution < 1.29 is 26.6 Å². The summed E-state index contributed by atoms with van der Waals surface area (Å²) >= 11 is 0. The van der Waals surface area contributed by atoms with Crippen LogP contribution in [0, 0.1) is 5.82 Å². The molecule has 0 bridgehead atoms. The molecule has 4 rings (SSSR count). The van der Waals surface area contributed by atoms with Crippen molar-refractivity contribution in [2.24, 2.45) is 10.7 Å². The van der Waals surface area contributed by atoms with Gasteiger partial charge in [0.1, 0.15) is 33.7 Å². The van der Waals surface area contributed by atoms with E-state index in [9.17, 15) is 13.0 Å². The molecule has 0 radical (unpaired) electrons. The van der Waals surface area contributed by atoms with E-state index in [-0.39, 0.29) is 23.2 Å². The van der Waals surface area contributed by atoms with Gasteiger partial charge in [0.2, 0.25) is 11.8 Å². The fourth-order valence-electron chi connectivity index (χ4n) is 3.97. The molecular formula is C24H28F3N7O3S. The zero-order valence-corrected chi connectivity index (χ0v) is 21.7. The lowest BCUT2D eigenvalue weighted by molar-refractivity contribution is 0.0794. The van der Waals surface area contributed by atoms with E-state index in [0.717, 1.165) is 19.4 Å². The molecule has 0 spiro atoms.